The molecule has 1 atom stereocenters. The molecule has 24 heavy (non-hydrogen) atoms. The van der Waals surface area contributed by atoms with Crippen LogP contribution in [0, 0.1) is 28.9 Å². The number of rotatable bonds is 6. The van der Waals surface area contributed by atoms with Gasteiger partial charge in [0.1, 0.15) is 6.04 Å². The number of aromatic amines is 1. The van der Waals surface area contributed by atoms with Gasteiger partial charge >= 0.3 is 0 Å². The zero-order valence-corrected chi connectivity index (χ0v) is 14.3. The lowest BCUT2D eigenvalue weighted by molar-refractivity contribution is -0.121. The van der Waals surface area contributed by atoms with Gasteiger partial charge in [0.05, 0.1) is 6.07 Å². The number of hydrogen-bond acceptors (Lipinski definition) is 4. The summed E-state index contributed by atoms with van der Waals surface area (Å²) in [6, 6.07) is 9.77. The molecule has 1 aliphatic rings. The molecule has 1 aliphatic carbocycles. The summed E-state index contributed by atoms with van der Waals surface area (Å²) in [6.45, 7) is 2.44. The van der Waals surface area contributed by atoms with Gasteiger partial charge in [-0.25, -0.2) is 0 Å². The molecule has 1 amide bonds. The van der Waals surface area contributed by atoms with Gasteiger partial charge in [-0.05, 0) is 44.0 Å². The molecule has 124 valence electrons. The summed E-state index contributed by atoms with van der Waals surface area (Å²) in [5.74, 6) is 0.903. The van der Waals surface area contributed by atoms with Crippen molar-refractivity contribution in [1.82, 2.24) is 20.1 Å². The summed E-state index contributed by atoms with van der Waals surface area (Å²) < 4.78 is 2.31. The van der Waals surface area contributed by atoms with Crippen LogP contribution >= 0.6 is 12.2 Å². The Bertz CT molecular complexity index is 843. The molecule has 1 fully saturated rings. The second kappa shape index (κ2) is 6.97. The Kier molecular flexibility index (Phi) is 4.76. The number of aromatic nitrogens is 3. The van der Waals surface area contributed by atoms with Crippen LogP contribution in [0.2, 0.25) is 0 Å². The number of hydrogen-bond donors (Lipinski definition) is 2. The highest BCUT2D eigenvalue weighted by molar-refractivity contribution is 7.71. The van der Waals surface area contributed by atoms with Crippen LogP contribution in [-0.4, -0.2) is 26.7 Å². The number of H-pyrrole nitrogens is 1. The molecular weight excluding hydrogens is 322 g/mol. The first-order valence-corrected chi connectivity index (χ1v) is 8.40. The summed E-state index contributed by atoms with van der Waals surface area (Å²) >= 11 is 5.28. The molecule has 0 bridgehead atoms. The first-order chi connectivity index (χ1) is 11.6. The minimum Gasteiger partial charge on any atom is -0.340 e. The molecule has 6 nitrogen and oxygen atoms in total. The highest BCUT2D eigenvalue weighted by Crippen LogP contribution is 2.32. The van der Waals surface area contributed by atoms with Crippen LogP contribution < -0.4 is 5.32 Å². The van der Waals surface area contributed by atoms with Crippen LogP contribution in [0.5, 0.6) is 0 Å². The van der Waals surface area contributed by atoms with E-state index in [1.54, 1.807) is 0 Å². The van der Waals surface area contributed by atoms with E-state index in [0.29, 0.717) is 17.2 Å². The van der Waals surface area contributed by atoms with E-state index in [-0.39, 0.29) is 18.4 Å². The Hall–Kier alpha value is -2.46. The molecule has 2 N–H and O–H groups in total. The standard InChI is InChI=1S/C17H19N5OS/c1-11-3-2-4-13(9-11)16-20-21-17(24)22(16)8-7-15(23)19-14(10-18)12-5-6-12/h2-4,9,12,14H,5-8H2,1H3,(H,19,23)(H,21,24). The van der Waals surface area contributed by atoms with Gasteiger partial charge in [-0.1, -0.05) is 23.8 Å². The summed E-state index contributed by atoms with van der Waals surface area (Å²) in [5, 5.41) is 19.0. The van der Waals surface area contributed by atoms with Gasteiger partial charge in [0.15, 0.2) is 10.6 Å². The Labute approximate surface area is 145 Å². The van der Waals surface area contributed by atoms with E-state index in [9.17, 15) is 4.79 Å². The number of nitriles is 1. The van der Waals surface area contributed by atoms with E-state index >= 15 is 0 Å². The molecule has 0 aliphatic heterocycles. The molecule has 3 rings (SSSR count). The number of carbonyl (C=O) groups excluding carboxylic acids is 1. The zero-order valence-electron chi connectivity index (χ0n) is 13.5. The summed E-state index contributed by atoms with van der Waals surface area (Å²) in [4.78, 5) is 12.1. The van der Waals surface area contributed by atoms with E-state index in [2.05, 4.69) is 21.6 Å². The topological polar surface area (TPSA) is 86.5 Å². The van der Waals surface area contributed by atoms with Crippen molar-refractivity contribution in [2.24, 2.45) is 5.92 Å². The molecular formula is C17H19N5OS. The van der Waals surface area contributed by atoms with E-state index < -0.39 is 0 Å². The molecule has 0 saturated heterocycles. The van der Waals surface area contributed by atoms with Crippen LogP contribution in [0.1, 0.15) is 24.8 Å². The molecule has 7 heteroatoms. The van der Waals surface area contributed by atoms with Crippen molar-refractivity contribution in [3.63, 3.8) is 0 Å². The Balaban J connectivity index is 1.69. The van der Waals surface area contributed by atoms with E-state index in [4.69, 9.17) is 17.5 Å². The van der Waals surface area contributed by atoms with Crippen LogP contribution in [0.15, 0.2) is 24.3 Å². The quantitative estimate of drug-likeness (QED) is 0.791. The van der Waals surface area contributed by atoms with Crippen LogP contribution in [0.4, 0.5) is 0 Å². The third kappa shape index (κ3) is 3.71. The van der Waals surface area contributed by atoms with Crippen molar-refractivity contribution in [2.45, 2.75) is 38.8 Å². The van der Waals surface area contributed by atoms with Crippen LogP contribution in [0.25, 0.3) is 11.4 Å². The largest absolute Gasteiger partial charge is 0.340 e. The fourth-order valence-electron chi connectivity index (χ4n) is 2.67. The van der Waals surface area contributed by atoms with Crippen molar-refractivity contribution >= 4 is 18.1 Å². The molecule has 1 aromatic carbocycles. The fraction of sp³-hybridized carbons (Fsp3) is 0.412. The summed E-state index contributed by atoms with van der Waals surface area (Å²) in [7, 11) is 0. The zero-order chi connectivity index (χ0) is 17.1. The number of nitrogens with one attached hydrogen (secondary N) is 2. The highest BCUT2D eigenvalue weighted by atomic mass is 32.1. The minimum atomic E-state index is -0.369. The maximum atomic E-state index is 12.1. The predicted octanol–water partition coefficient (Wildman–Crippen LogP) is 2.72. The molecule has 1 aromatic heterocycles. The monoisotopic (exact) mass is 341 g/mol. The molecule has 1 saturated carbocycles. The van der Waals surface area contributed by atoms with Crippen molar-refractivity contribution in [1.29, 1.82) is 5.26 Å². The lowest BCUT2D eigenvalue weighted by Gasteiger charge is -2.11. The van der Waals surface area contributed by atoms with Gasteiger partial charge in [-0.3, -0.25) is 14.5 Å². The van der Waals surface area contributed by atoms with Gasteiger partial charge in [0.25, 0.3) is 0 Å². The van der Waals surface area contributed by atoms with Gasteiger partial charge in [-0.15, -0.1) is 0 Å². The second-order valence-corrected chi connectivity index (χ2v) is 6.52. The van der Waals surface area contributed by atoms with Gasteiger partial charge in [-0.2, -0.15) is 10.4 Å². The van der Waals surface area contributed by atoms with Gasteiger partial charge < -0.3 is 5.32 Å². The van der Waals surface area contributed by atoms with Crippen LogP contribution in [-0.2, 0) is 11.3 Å². The molecule has 1 heterocycles. The van der Waals surface area contributed by atoms with Crippen molar-refractivity contribution in [3.05, 3.63) is 34.6 Å². The average Bonchev–Trinajstić information content (AvgIpc) is 3.34. The van der Waals surface area contributed by atoms with Crippen molar-refractivity contribution in [2.75, 3.05) is 0 Å². The Morgan fingerprint density at radius 3 is 3.04 bits per heavy atom. The van der Waals surface area contributed by atoms with Crippen molar-refractivity contribution in [3.8, 4) is 17.5 Å². The first-order valence-electron chi connectivity index (χ1n) is 7.99. The Morgan fingerprint density at radius 2 is 2.38 bits per heavy atom. The predicted molar refractivity (Wildman–Crippen MR) is 92.5 cm³/mol. The average molecular weight is 341 g/mol. The summed E-state index contributed by atoms with van der Waals surface area (Å²) in [5.41, 5.74) is 2.09. The number of nitrogens with zero attached hydrogens (tertiary/aromatic N) is 3. The molecule has 2 aromatic rings. The maximum Gasteiger partial charge on any atom is 0.222 e. The SMILES string of the molecule is Cc1cccc(-c2n[nH]c(=S)n2CCC(=O)NC(C#N)C2CC2)c1. The number of amides is 1. The molecule has 0 radical (unpaired) electrons. The fourth-order valence-corrected chi connectivity index (χ4v) is 2.90. The van der Waals surface area contributed by atoms with Crippen molar-refractivity contribution < 1.29 is 4.79 Å². The summed E-state index contributed by atoms with van der Waals surface area (Å²) in [6.07, 6.45) is 2.29. The van der Waals surface area contributed by atoms with Crippen LogP contribution in [0.3, 0.4) is 0 Å². The second-order valence-electron chi connectivity index (χ2n) is 6.14. The lowest BCUT2D eigenvalue weighted by Crippen LogP contribution is -2.35. The third-order valence-electron chi connectivity index (χ3n) is 4.15. The highest BCUT2D eigenvalue weighted by Gasteiger charge is 2.32. The van der Waals surface area contributed by atoms with E-state index in [1.165, 1.54) is 0 Å². The van der Waals surface area contributed by atoms with Gasteiger partial charge in [0, 0.05) is 18.5 Å². The molecule has 1 unspecified atom stereocenters. The Morgan fingerprint density at radius 1 is 1.58 bits per heavy atom. The lowest BCUT2D eigenvalue weighted by atomic mass is 10.1. The number of benzene rings is 1. The van der Waals surface area contributed by atoms with E-state index in [1.807, 2.05) is 35.8 Å². The molecule has 0 spiro atoms. The number of aryl methyl sites for hydroxylation is 1. The normalized spacial score (nSPS) is 14.8. The minimum absolute atomic E-state index is 0.133. The van der Waals surface area contributed by atoms with E-state index in [0.717, 1.165) is 29.8 Å². The third-order valence-corrected chi connectivity index (χ3v) is 4.46. The van der Waals surface area contributed by atoms with Gasteiger partial charge in [0.2, 0.25) is 5.91 Å². The maximum absolute atomic E-state index is 12.1. The smallest absolute Gasteiger partial charge is 0.222 e. The first kappa shape index (κ1) is 16.4. The number of carbonyl (C=O) groups is 1.